The topological polar surface area (TPSA) is 47.6 Å². The summed E-state index contributed by atoms with van der Waals surface area (Å²) >= 11 is 0. The zero-order chi connectivity index (χ0) is 13.6. The SMILES string of the molecule is COC(=O)C(C)(C)C(C)NOCc1ccccc1. The number of hydrogen-bond acceptors (Lipinski definition) is 4. The predicted molar refractivity (Wildman–Crippen MR) is 69.6 cm³/mol. The summed E-state index contributed by atoms with van der Waals surface area (Å²) in [6.07, 6.45) is 0. The van der Waals surface area contributed by atoms with Crippen LogP contribution in [0.2, 0.25) is 0 Å². The summed E-state index contributed by atoms with van der Waals surface area (Å²) in [6.45, 7) is 6.00. The number of esters is 1. The van der Waals surface area contributed by atoms with Crippen LogP contribution < -0.4 is 5.48 Å². The fourth-order valence-electron chi connectivity index (χ4n) is 1.41. The predicted octanol–water partition coefficient (Wildman–Crippen LogP) is 2.30. The average Bonchev–Trinajstić information content (AvgIpc) is 2.38. The molecule has 1 aromatic rings. The highest BCUT2D eigenvalue weighted by Crippen LogP contribution is 2.22. The van der Waals surface area contributed by atoms with E-state index in [9.17, 15) is 4.79 Å². The number of methoxy groups -OCH3 is 1. The third-order valence-electron chi connectivity index (χ3n) is 3.14. The minimum atomic E-state index is -0.633. The molecule has 1 atom stereocenters. The van der Waals surface area contributed by atoms with E-state index in [1.807, 2.05) is 51.1 Å². The molecule has 0 amide bonds. The minimum absolute atomic E-state index is 0.145. The first-order valence-corrected chi connectivity index (χ1v) is 5.98. The van der Waals surface area contributed by atoms with Gasteiger partial charge in [0, 0.05) is 6.04 Å². The maximum atomic E-state index is 11.6. The summed E-state index contributed by atoms with van der Waals surface area (Å²) in [5.74, 6) is -0.259. The zero-order valence-electron chi connectivity index (χ0n) is 11.4. The largest absolute Gasteiger partial charge is 0.469 e. The first kappa shape index (κ1) is 14.7. The molecule has 0 fully saturated rings. The van der Waals surface area contributed by atoms with Crippen LogP contribution in [0.1, 0.15) is 26.3 Å². The molecule has 1 aromatic carbocycles. The van der Waals surface area contributed by atoms with Crippen molar-refractivity contribution in [1.82, 2.24) is 5.48 Å². The van der Waals surface area contributed by atoms with Crippen molar-refractivity contribution in [2.45, 2.75) is 33.4 Å². The molecule has 18 heavy (non-hydrogen) atoms. The fourth-order valence-corrected chi connectivity index (χ4v) is 1.41. The molecule has 4 heteroatoms. The van der Waals surface area contributed by atoms with Gasteiger partial charge in [0.25, 0.3) is 0 Å². The van der Waals surface area contributed by atoms with Gasteiger partial charge in [-0.2, -0.15) is 5.48 Å². The van der Waals surface area contributed by atoms with E-state index in [0.29, 0.717) is 6.61 Å². The normalized spacial score (nSPS) is 13.1. The van der Waals surface area contributed by atoms with E-state index in [2.05, 4.69) is 5.48 Å². The summed E-state index contributed by atoms with van der Waals surface area (Å²) in [5, 5.41) is 0. The van der Waals surface area contributed by atoms with Crippen molar-refractivity contribution in [3.05, 3.63) is 35.9 Å². The van der Waals surface area contributed by atoms with Crippen molar-refractivity contribution in [2.75, 3.05) is 7.11 Å². The third-order valence-corrected chi connectivity index (χ3v) is 3.14. The molecular formula is C14H21NO3. The summed E-state index contributed by atoms with van der Waals surface area (Å²) in [5.41, 5.74) is 3.33. The molecule has 1 N–H and O–H groups in total. The van der Waals surface area contributed by atoms with Crippen LogP contribution in [0.15, 0.2) is 30.3 Å². The highest BCUT2D eigenvalue weighted by molar-refractivity contribution is 5.76. The van der Waals surface area contributed by atoms with Crippen LogP contribution in [0, 0.1) is 5.41 Å². The van der Waals surface area contributed by atoms with Crippen LogP contribution >= 0.6 is 0 Å². The Morgan fingerprint density at radius 1 is 1.33 bits per heavy atom. The van der Waals surface area contributed by atoms with Crippen LogP contribution in [0.4, 0.5) is 0 Å². The lowest BCUT2D eigenvalue weighted by Gasteiger charge is -2.29. The van der Waals surface area contributed by atoms with Crippen molar-refractivity contribution >= 4 is 5.97 Å². The maximum Gasteiger partial charge on any atom is 0.312 e. The number of hydroxylamine groups is 1. The Morgan fingerprint density at radius 3 is 2.50 bits per heavy atom. The van der Waals surface area contributed by atoms with E-state index in [4.69, 9.17) is 9.57 Å². The molecule has 1 unspecified atom stereocenters. The summed E-state index contributed by atoms with van der Waals surface area (Å²) in [7, 11) is 1.39. The molecule has 1 rings (SSSR count). The third kappa shape index (κ3) is 3.82. The van der Waals surface area contributed by atoms with E-state index < -0.39 is 5.41 Å². The van der Waals surface area contributed by atoms with Crippen LogP contribution in [-0.2, 0) is 21.0 Å². The summed E-state index contributed by atoms with van der Waals surface area (Å²) in [4.78, 5) is 17.0. The van der Waals surface area contributed by atoms with Crippen molar-refractivity contribution in [1.29, 1.82) is 0 Å². The first-order chi connectivity index (χ1) is 8.48. The molecule has 0 bridgehead atoms. The fraction of sp³-hybridized carbons (Fsp3) is 0.500. The standard InChI is InChI=1S/C14H21NO3/c1-11(14(2,3)13(16)17-4)15-18-10-12-8-6-5-7-9-12/h5-9,11,15H,10H2,1-4H3. The van der Waals surface area contributed by atoms with Crippen molar-refractivity contribution in [3.8, 4) is 0 Å². The molecule has 0 aliphatic rings. The minimum Gasteiger partial charge on any atom is -0.469 e. The molecule has 0 saturated carbocycles. The van der Waals surface area contributed by atoms with Gasteiger partial charge in [0.2, 0.25) is 0 Å². The van der Waals surface area contributed by atoms with Crippen LogP contribution in [-0.4, -0.2) is 19.1 Å². The highest BCUT2D eigenvalue weighted by atomic mass is 16.6. The molecule has 0 radical (unpaired) electrons. The van der Waals surface area contributed by atoms with Crippen molar-refractivity contribution in [2.24, 2.45) is 5.41 Å². The molecule has 4 nitrogen and oxygen atoms in total. The number of benzene rings is 1. The Bertz CT molecular complexity index is 376. The lowest BCUT2D eigenvalue weighted by molar-refractivity contribution is -0.155. The Kier molecular flexibility index (Phi) is 5.31. The zero-order valence-corrected chi connectivity index (χ0v) is 11.4. The van der Waals surface area contributed by atoms with Gasteiger partial charge in [-0.05, 0) is 26.3 Å². The van der Waals surface area contributed by atoms with E-state index in [0.717, 1.165) is 5.56 Å². The van der Waals surface area contributed by atoms with Gasteiger partial charge in [-0.15, -0.1) is 0 Å². The van der Waals surface area contributed by atoms with Gasteiger partial charge in [0.1, 0.15) is 0 Å². The highest BCUT2D eigenvalue weighted by Gasteiger charge is 2.35. The Hall–Kier alpha value is -1.39. The van der Waals surface area contributed by atoms with Crippen LogP contribution in [0.5, 0.6) is 0 Å². The lowest BCUT2D eigenvalue weighted by atomic mass is 9.86. The Labute approximate surface area is 108 Å². The smallest absolute Gasteiger partial charge is 0.312 e. The van der Waals surface area contributed by atoms with Gasteiger partial charge in [-0.3, -0.25) is 9.63 Å². The van der Waals surface area contributed by atoms with Gasteiger partial charge in [-0.25, -0.2) is 0 Å². The van der Waals surface area contributed by atoms with Gasteiger partial charge in [0.05, 0.1) is 19.1 Å². The van der Waals surface area contributed by atoms with E-state index >= 15 is 0 Å². The van der Waals surface area contributed by atoms with Crippen molar-refractivity contribution in [3.63, 3.8) is 0 Å². The molecule has 100 valence electrons. The van der Waals surface area contributed by atoms with Crippen LogP contribution in [0.25, 0.3) is 0 Å². The summed E-state index contributed by atoms with van der Waals surface area (Å²) in [6, 6.07) is 9.70. The van der Waals surface area contributed by atoms with Gasteiger partial charge in [-0.1, -0.05) is 30.3 Å². The number of hydrogen-bond donors (Lipinski definition) is 1. The van der Waals surface area contributed by atoms with Crippen LogP contribution in [0.3, 0.4) is 0 Å². The number of ether oxygens (including phenoxy) is 1. The Morgan fingerprint density at radius 2 is 1.94 bits per heavy atom. The number of carbonyl (C=O) groups is 1. The van der Waals surface area contributed by atoms with Crippen molar-refractivity contribution < 1.29 is 14.4 Å². The molecular weight excluding hydrogens is 230 g/mol. The van der Waals surface area contributed by atoms with E-state index in [1.165, 1.54) is 7.11 Å². The maximum absolute atomic E-state index is 11.6. The van der Waals surface area contributed by atoms with E-state index in [-0.39, 0.29) is 12.0 Å². The Balaban J connectivity index is 2.42. The second-order valence-electron chi connectivity index (χ2n) is 4.83. The molecule has 0 aromatic heterocycles. The lowest BCUT2D eigenvalue weighted by Crippen LogP contribution is -2.45. The first-order valence-electron chi connectivity index (χ1n) is 5.98. The summed E-state index contributed by atoms with van der Waals surface area (Å²) < 4.78 is 4.77. The number of rotatable bonds is 6. The van der Waals surface area contributed by atoms with Gasteiger partial charge >= 0.3 is 5.97 Å². The molecule has 0 aliphatic carbocycles. The second kappa shape index (κ2) is 6.52. The van der Waals surface area contributed by atoms with Gasteiger partial charge in [0.15, 0.2) is 0 Å². The van der Waals surface area contributed by atoms with E-state index in [1.54, 1.807) is 0 Å². The molecule has 0 saturated heterocycles. The molecule has 0 aliphatic heterocycles. The van der Waals surface area contributed by atoms with Gasteiger partial charge < -0.3 is 4.74 Å². The molecule has 0 heterocycles. The second-order valence-corrected chi connectivity index (χ2v) is 4.83. The monoisotopic (exact) mass is 251 g/mol. The molecule has 0 spiro atoms. The number of carbonyl (C=O) groups excluding carboxylic acids is 1. The number of nitrogens with one attached hydrogen (secondary N) is 1. The average molecular weight is 251 g/mol. The quantitative estimate of drug-likeness (QED) is 0.622.